The number of carbonyl (C=O) groups excluding carboxylic acids is 1. The Morgan fingerprint density at radius 2 is 1.83 bits per heavy atom. The number of hydrogen-bond donors (Lipinski definition) is 1. The third-order valence-electron chi connectivity index (χ3n) is 5.84. The summed E-state index contributed by atoms with van der Waals surface area (Å²) in [5, 5.41) is 3.07. The summed E-state index contributed by atoms with van der Waals surface area (Å²) >= 11 is 0. The van der Waals surface area contributed by atoms with Crippen LogP contribution in [0.25, 0.3) is 0 Å². The summed E-state index contributed by atoms with van der Waals surface area (Å²) in [7, 11) is 0. The molecule has 1 amide bonds. The number of hydrogen-bond acceptors (Lipinski definition) is 4. The standard InChI is InChI=1S/C25H29N3O2/c1-18-3-6-20(7-4-18)15-26-25(29)23-8-5-19(2)27-24(23)22-9-12-28(13-10-22)16-21-11-14-30-17-21/h3-8,11,14,17,22H,9-10,12-13,15-16H2,1-2H3,(H,26,29). The molecule has 3 aromatic rings. The maximum atomic E-state index is 13.0. The van der Waals surface area contributed by atoms with E-state index in [-0.39, 0.29) is 5.91 Å². The van der Waals surface area contributed by atoms with Crippen LogP contribution in [0.5, 0.6) is 0 Å². The summed E-state index contributed by atoms with van der Waals surface area (Å²) in [6.45, 7) is 7.48. The van der Waals surface area contributed by atoms with E-state index in [9.17, 15) is 4.79 Å². The first kappa shape index (κ1) is 20.4. The number of carbonyl (C=O) groups is 1. The molecule has 5 nitrogen and oxygen atoms in total. The van der Waals surface area contributed by atoms with Crippen LogP contribution < -0.4 is 5.32 Å². The summed E-state index contributed by atoms with van der Waals surface area (Å²) in [5.41, 5.74) is 6.14. The van der Waals surface area contributed by atoms with E-state index in [1.165, 1.54) is 11.1 Å². The van der Waals surface area contributed by atoms with E-state index in [4.69, 9.17) is 9.40 Å². The number of likely N-dealkylation sites (tertiary alicyclic amines) is 1. The van der Waals surface area contributed by atoms with Crippen LogP contribution in [-0.2, 0) is 13.1 Å². The van der Waals surface area contributed by atoms with Crippen molar-refractivity contribution in [2.45, 2.75) is 45.7 Å². The molecule has 30 heavy (non-hydrogen) atoms. The van der Waals surface area contributed by atoms with Gasteiger partial charge in [-0.05, 0) is 63.5 Å². The van der Waals surface area contributed by atoms with E-state index in [0.717, 1.165) is 49.4 Å². The van der Waals surface area contributed by atoms with E-state index in [1.54, 1.807) is 6.26 Å². The molecule has 0 spiro atoms. The third-order valence-corrected chi connectivity index (χ3v) is 5.84. The van der Waals surface area contributed by atoms with Crippen LogP contribution in [-0.4, -0.2) is 28.9 Å². The molecular formula is C25H29N3O2. The van der Waals surface area contributed by atoms with Gasteiger partial charge in [-0.25, -0.2) is 0 Å². The molecule has 1 aromatic carbocycles. The van der Waals surface area contributed by atoms with Gasteiger partial charge in [0.15, 0.2) is 0 Å². The summed E-state index contributed by atoms with van der Waals surface area (Å²) < 4.78 is 5.18. The number of aromatic nitrogens is 1. The van der Waals surface area contributed by atoms with E-state index in [0.29, 0.717) is 18.0 Å². The average molecular weight is 404 g/mol. The molecule has 0 bridgehead atoms. The van der Waals surface area contributed by atoms with Gasteiger partial charge in [-0.3, -0.25) is 14.7 Å². The Bertz CT molecular complexity index is 972. The summed E-state index contributed by atoms with van der Waals surface area (Å²) in [6.07, 6.45) is 5.55. The largest absolute Gasteiger partial charge is 0.472 e. The number of rotatable bonds is 6. The molecule has 2 aromatic heterocycles. The zero-order valence-electron chi connectivity index (χ0n) is 17.7. The molecule has 0 radical (unpaired) electrons. The van der Waals surface area contributed by atoms with Crippen molar-refractivity contribution in [3.63, 3.8) is 0 Å². The van der Waals surface area contributed by atoms with Crippen LogP contribution in [0.15, 0.2) is 59.4 Å². The monoisotopic (exact) mass is 403 g/mol. The number of aryl methyl sites for hydroxylation is 2. The van der Waals surface area contributed by atoms with Crippen molar-refractivity contribution < 1.29 is 9.21 Å². The maximum Gasteiger partial charge on any atom is 0.253 e. The van der Waals surface area contributed by atoms with Crippen molar-refractivity contribution in [1.82, 2.24) is 15.2 Å². The van der Waals surface area contributed by atoms with Crippen molar-refractivity contribution in [2.24, 2.45) is 0 Å². The van der Waals surface area contributed by atoms with E-state index in [1.807, 2.05) is 31.4 Å². The zero-order valence-corrected chi connectivity index (χ0v) is 17.7. The lowest BCUT2D eigenvalue weighted by Crippen LogP contribution is -2.33. The molecule has 0 atom stereocenters. The van der Waals surface area contributed by atoms with E-state index in [2.05, 4.69) is 41.4 Å². The first-order chi connectivity index (χ1) is 14.6. The number of benzene rings is 1. The molecule has 5 heteroatoms. The van der Waals surface area contributed by atoms with E-state index >= 15 is 0 Å². The molecule has 4 rings (SSSR count). The molecule has 1 saturated heterocycles. The first-order valence-corrected chi connectivity index (χ1v) is 10.6. The van der Waals surface area contributed by atoms with Crippen LogP contribution in [0.2, 0.25) is 0 Å². The predicted molar refractivity (Wildman–Crippen MR) is 117 cm³/mol. The van der Waals surface area contributed by atoms with Crippen LogP contribution in [0.4, 0.5) is 0 Å². The van der Waals surface area contributed by atoms with E-state index < -0.39 is 0 Å². The summed E-state index contributed by atoms with van der Waals surface area (Å²) in [6, 6.07) is 14.1. The van der Waals surface area contributed by atoms with Gasteiger partial charge in [-0.2, -0.15) is 0 Å². The Morgan fingerprint density at radius 1 is 1.07 bits per heavy atom. The molecule has 3 heterocycles. The van der Waals surface area contributed by atoms with Crippen molar-refractivity contribution in [2.75, 3.05) is 13.1 Å². The van der Waals surface area contributed by atoms with Gasteiger partial charge in [0, 0.05) is 30.3 Å². The topological polar surface area (TPSA) is 58.4 Å². The number of amides is 1. The number of nitrogens with one attached hydrogen (secondary N) is 1. The fourth-order valence-corrected chi connectivity index (χ4v) is 4.07. The molecule has 1 N–H and O–H groups in total. The molecule has 0 aliphatic carbocycles. The van der Waals surface area contributed by atoms with Gasteiger partial charge >= 0.3 is 0 Å². The molecule has 1 aliphatic heterocycles. The second-order valence-electron chi connectivity index (χ2n) is 8.24. The normalized spacial score (nSPS) is 15.3. The number of piperidine rings is 1. The van der Waals surface area contributed by atoms with Crippen molar-refractivity contribution in [3.8, 4) is 0 Å². The highest BCUT2D eigenvalue weighted by atomic mass is 16.3. The smallest absolute Gasteiger partial charge is 0.253 e. The average Bonchev–Trinajstić information content (AvgIpc) is 3.27. The fraction of sp³-hybridized carbons (Fsp3) is 0.360. The minimum absolute atomic E-state index is 0.0427. The van der Waals surface area contributed by atoms with Gasteiger partial charge in [0.05, 0.1) is 23.8 Å². The van der Waals surface area contributed by atoms with Gasteiger partial charge in [0.25, 0.3) is 5.91 Å². The summed E-state index contributed by atoms with van der Waals surface area (Å²) in [5.74, 6) is 0.268. The Kier molecular flexibility index (Phi) is 6.29. The Balaban J connectivity index is 1.41. The van der Waals surface area contributed by atoms with Gasteiger partial charge in [-0.15, -0.1) is 0 Å². The molecular weight excluding hydrogens is 374 g/mol. The quantitative estimate of drug-likeness (QED) is 0.653. The molecule has 1 aliphatic rings. The Hall–Kier alpha value is -2.92. The van der Waals surface area contributed by atoms with Gasteiger partial charge in [0.1, 0.15) is 0 Å². The fourth-order valence-electron chi connectivity index (χ4n) is 4.07. The van der Waals surface area contributed by atoms with Crippen LogP contribution in [0.3, 0.4) is 0 Å². The minimum Gasteiger partial charge on any atom is -0.472 e. The Morgan fingerprint density at radius 3 is 2.53 bits per heavy atom. The number of furan rings is 1. The molecule has 0 unspecified atom stereocenters. The zero-order chi connectivity index (χ0) is 20.9. The second-order valence-corrected chi connectivity index (χ2v) is 8.24. The molecule has 156 valence electrons. The highest BCUT2D eigenvalue weighted by Gasteiger charge is 2.26. The minimum atomic E-state index is -0.0427. The van der Waals surface area contributed by atoms with Crippen molar-refractivity contribution >= 4 is 5.91 Å². The highest BCUT2D eigenvalue weighted by molar-refractivity contribution is 5.95. The number of pyridine rings is 1. The predicted octanol–water partition coefficient (Wildman–Crippen LogP) is 4.60. The van der Waals surface area contributed by atoms with Crippen molar-refractivity contribution in [1.29, 1.82) is 0 Å². The summed E-state index contributed by atoms with van der Waals surface area (Å²) in [4.78, 5) is 20.2. The van der Waals surface area contributed by atoms with Crippen LogP contribution >= 0.6 is 0 Å². The lowest BCUT2D eigenvalue weighted by Gasteiger charge is -2.32. The first-order valence-electron chi connectivity index (χ1n) is 10.6. The van der Waals surface area contributed by atoms with Crippen LogP contribution in [0.1, 0.15) is 57.2 Å². The van der Waals surface area contributed by atoms with Gasteiger partial charge in [0.2, 0.25) is 0 Å². The Labute approximate surface area is 178 Å². The van der Waals surface area contributed by atoms with Gasteiger partial charge < -0.3 is 9.73 Å². The lowest BCUT2D eigenvalue weighted by atomic mass is 9.89. The number of nitrogens with zero attached hydrogens (tertiary/aromatic N) is 2. The second kappa shape index (κ2) is 9.26. The maximum absolute atomic E-state index is 13.0. The lowest BCUT2D eigenvalue weighted by molar-refractivity contribution is 0.0948. The molecule has 0 saturated carbocycles. The molecule has 1 fully saturated rings. The van der Waals surface area contributed by atoms with Crippen LogP contribution in [0, 0.1) is 13.8 Å². The SMILES string of the molecule is Cc1ccc(CNC(=O)c2ccc(C)nc2C2CCN(Cc3ccoc3)CC2)cc1. The highest BCUT2D eigenvalue weighted by Crippen LogP contribution is 2.30. The third kappa shape index (κ3) is 4.97. The van der Waals surface area contributed by atoms with Crippen molar-refractivity contribution in [3.05, 3.63) is 88.6 Å². The van der Waals surface area contributed by atoms with Gasteiger partial charge in [-0.1, -0.05) is 29.8 Å².